The fourth-order valence-electron chi connectivity index (χ4n) is 1.78. The molecule has 2 N–H and O–H groups in total. The Labute approximate surface area is 124 Å². The van der Waals surface area contributed by atoms with Crippen LogP contribution in [0.3, 0.4) is 0 Å². The van der Waals surface area contributed by atoms with E-state index in [4.69, 9.17) is 21.1 Å². The summed E-state index contributed by atoms with van der Waals surface area (Å²) in [6, 6.07) is 4.96. The number of rotatable bonds is 3. The van der Waals surface area contributed by atoms with Crippen LogP contribution in [0.4, 0.5) is 0 Å². The van der Waals surface area contributed by atoms with E-state index < -0.39 is 5.91 Å². The van der Waals surface area contributed by atoms with Crippen molar-refractivity contribution in [1.29, 1.82) is 0 Å². The van der Waals surface area contributed by atoms with Crippen LogP contribution >= 0.6 is 11.6 Å². The van der Waals surface area contributed by atoms with Crippen LogP contribution in [0.25, 0.3) is 0 Å². The Morgan fingerprint density at radius 1 is 1.43 bits per heavy atom. The Morgan fingerprint density at radius 3 is 2.90 bits per heavy atom. The Morgan fingerprint density at radius 2 is 2.19 bits per heavy atom. The largest absolute Gasteiger partial charge is 0.454 e. The molecule has 1 aromatic carbocycles. The number of aromatic nitrogens is 2. The van der Waals surface area contributed by atoms with Gasteiger partial charge in [0, 0.05) is 17.3 Å². The molecule has 0 aliphatic carbocycles. The van der Waals surface area contributed by atoms with Gasteiger partial charge in [0.05, 0.1) is 11.2 Å². The second kappa shape index (κ2) is 5.45. The summed E-state index contributed by atoms with van der Waals surface area (Å²) in [4.78, 5) is 11.7. The third-order valence-electron chi connectivity index (χ3n) is 2.80. The zero-order valence-corrected chi connectivity index (χ0v) is 11.8. The third-order valence-corrected chi connectivity index (χ3v) is 3.13. The smallest absolute Gasteiger partial charge is 0.291 e. The number of fused-ring (bicyclic) bond motifs is 1. The quantitative estimate of drug-likeness (QED) is 0.669. The van der Waals surface area contributed by atoms with Crippen molar-refractivity contribution in [1.82, 2.24) is 15.6 Å². The van der Waals surface area contributed by atoms with Gasteiger partial charge >= 0.3 is 0 Å². The maximum absolute atomic E-state index is 11.7. The molecule has 8 heteroatoms. The van der Waals surface area contributed by atoms with Crippen molar-refractivity contribution in [3.05, 3.63) is 40.2 Å². The number of halogens is 1. The first kappa shape index (κ1) is 13.4. The molecule has 108 valence electrons. The number of ether oxygens (including phenoxy) is 2. The van der Waals surface area contributed by atoms with Crippen molar-refractivity contribution in [2.75, 3.05) is 6.79 Å². The van der Waals surface area contributed by atoms with Crippen molar-refractivity contribution in [3.8, 4) is 11.5 Å². The number of hydrazone groups is 1. The standard InChI is InChI=1S/C13H11ClN4O3/c1-7-2-10(17-16-7)13(19)18-15-5-8-3-11-12(4-9(8)14)21-6-20-11/h2-5H,6H2,1H3,(H,16,17)(H,18,19)/b15-5-. The molecule has 1 aromatic heterocycles. The molecule has 0 atom stereocenters. The first-order chi connectivity index (χ1) is 10.1. The summed E-state index contributed by atoms with van der Waals surface area (Å²) in [6.45, 7) is 1.97. The van der Waals surface area contributed by atoms with Crippen molar-refractivity contribution in [3.63, 3.8) is 0 Å². The number of benzene rings is 1. The van der Waals surface area contributed by atoms with Crippen LogP contribution < -0.4 is 14.9 Å². The molecule has 1 aliphatic rings. The molecular weight excluding hydrogens is 296 g/mol. The van der Waals surface area contributed by atoms with Crippen LogP contribution in [0.5, 0.6) is 11.5 Å². The maximum atomic E-state index is 11.7. The Hall–Kier alpha value is -2.54. The number of amides is 1. The van der Waals surface area contributed by atoms with Crippen LogP contribution in [-0.2, 0) is 0 Å². The monoisotopic (exact) mass is 306 g/mol. The predicted octanol–water partition coefficient (Wildman–Crippen LogP) is 1.86. The van der Waals surface area contributed by atoms with Gasteiger partial charge in [0.25, 0.3) is 5.91 Å². The molecule has 1 amide bonds. The molecule has 7 nitrogen and oxygen atoms in total. The lowest BCUT2D eigenvalue weighted by Gasteiger charge is -2.01. The maximum Gasteiger partial charge on any atom is 0.291 e. The normalized spacial score (nSPS) is 12.9. The topological polar surface area (TPSA) is 88.6 Å². The number of carbonyl (C=O) groups is 1. The van der Waals surface area contributed by atoms with Gasteiger partial charge in [-0.05, 0) is 19.1 Å². The highest BCUT2D eigenvalue weighted by Crippen LogP contribution is 2.36. The summed E-state index contributed by atoms with van der Waals surface area (Å²) in [5.41, 5.74) is 4.04. The van der Waals surface area contributed by atoms with Crippen LogP contribution in [0, 0.1) is 6.92 Å². The summed E-state index contributed by atoms with van der Waals surface area (Å²) in [7, 11) is 0. The van der Waals surface area contributed by atoms with Crippen molar-refractivity contribution in [2.45, 2.75) is 6.92 Å². The third kappa shape index (κ3) is 2.82. The van der Waals surface area contributed by atoms with Crippen LogP contribution in [0.2, 0.25) is 5.02 Å². The fraction of sp³-hybridized carbons (Fsp3) is 0.154. The minimum Gasteiger partial charge on any atom is -0.454 e. The number of hydrogen-bond donors (Lipinski definition) is 2. The highest BCUT2D eigenvalue weighted by Gasteiger charge is 2.15. The molecule has 0 fully saturated rings. The Balaban J connectivity index is 1.70. The molecule has 0 radical (unpaired) electrons. The summed E-state index contributed by atoms with van der Waals surface area (Å²) in [5, 5.41) is 10.8. The van der Waals surface area contributed by atoms with Gasteiger partial charge in [-0.3, -0.25) is 9.89 Å². The molecule has 0 unspecified atom stereocenters. The molecule has 0 saturated carbocycles. The van der Waals surface area contributed by atoms with Crippen molar-refractivity contribution < 1.29 is 14.3 Å². The zero-order valence-electron chi connectivity index (χ0n) is 11.0. The van der Waals surface area contributed by atoms with Crippen LogP contribution in [-0.4, -0.2) is 29.1 Å². The van der Waals surface area contributed by atoms with E-state index in [9.17, 15) is 4.79 Å². The fourth-order valence-corrected chi connectivity index (χ4v) is 1.99. The lowest BCUT2D eigenvalue weighted by Crippen LogP contribution is -2.18. The van der Waals surface area contributed by atoms with E-state index in [-0.39, 0.29) is 12.5 Å². The molecule has 21 heavy (non-hydrogen) atoms. The summed E-state index contributed by atoms with van der Waals surface area (Å²) in [5.74, 6) is 0.774. The van der Waals surface area contributed by atoms with Crippen molar-refractivity contribution in [2.24, 2.45) is 5.10 Å². The first-order valence-electron chi connectivity index (χ1n) is 6.08. The molecule has 1 aliphatic heterocycles. The number of aromatic amines is 1. The highest BCUT2D eigenvalue weighted by atomic mass is 35.5. The molecule has 0 bridgehead atoms. The van der Waals surface area contributed by atoms with E-state index in [2.05, 4.69) is 20.7 Å². The highest BCUT2D eigenvalue weighted by molar-refractivity contribution is 6.33. The van der Waals surface area contributed by atoms with E-state index in [1.54, 1.807) is 25.1 Å². The molecule has 3 rings (SSSR count). The van der Waals surface area contributed by atoms with Gasteiger partial charge in [-0.25, -0.2) is 5.43 Å². The van der Waals surface area contributed by atoms with Gasteiger partial charge in [-0.2, -0.15) is 10.2 Å². The van der Waals surface area contributed by atoms with Gasteiger partial charge in [-0.15, -0.1) is 0 Å². The Kier molecular flexibility index (Phi) is 3.49. The SMILES string of the molecule is Cc1cc(C(=O)N/N=C\c2cc3c(cc2Cl)OCO3)n[nH]1. The molecule has 0 saturated heterocycles. The molecule has 0 spiro atoms. The molecule has 2 heterocycles. The lowest BCUT2D eigenvalue weighted by molar-refractivity contribution is 0.0950. The van der Waals surface area contributed by atoms with Crippen LogP contribution in [0.15, 0.2) is 23.3 Å². The summed E-state index contributed by atoms with van der Waals surface area (Å²) in [6.07, 6.45) is 1.43. The minimum absolute atomic E-state index is 0.168. The number of H-pyrrole nitrogens is 1. The van der Waals surface area contributed by atoms with Gasteiger partial charge < -0.3 is 9.47 Å². The molecular formula is C13H11ClN4O3. The lowest BCUT2D eigenvalue weighted by atomic mass is 10.2. The van der Waals surface area contributed by atoms with E-state index in [0.717, 1.165) is 5.69 Å². The predicted molar refractivity (Wildman–Crippen MR) is 76.0 cm³/mol. The molecule has 2 aromatic rings. The number of nitrogens with zero attached hydrogens (tertiary/aromatic N) is 2. The van der Waals surface area contributed by atoms with E-state index in [1.807, 2.05) is 0 Å². The zero-order chi connectivity index (χ0) is 14.8. The average molecular weight is 307 g/mol. The van der Waals surface area contributed by atoms with E-state index >= 15 is 0 Å². The van der Waals surface area contributed by atoms with E-state index in [0.29, 0.717) is 22.1 Å². The summed E-state index contributed by atoms with van der Waals surface area (Å²) >= 11 is 6.09. The van der Waals surface area contributed by atoms with Gasteiger partial charge in [0.2, 0.25) is 6.79 Å². The minimum atomic E-state index is -0.410. The van der Waals surface area contributed by atoms with Crippen LogP contribution in [0.1, 0.15) is 21.7 Å². The first-order valence-corrected chi connectivity index (χ1v) is 6.46. The number of hydrogen-bond acceptors (Lipinski definition) is 5. The number of carbonyl (C=O) groups excluding carboxylic acids is 1. The number of aryl methyl sites for hydroxylation is 1. The second-order valence-corrected chi connectivity index (χ2v) is 4.77. The van der Waals surface area contributed by atoms with Gasteiger partial charge in [-0.1, -0.05) is 11.6 Å². The Bertz CT molecular complexity index is 726. The van der Waals surface area contributed by atoms with E-state index in [1.165, 1.54) is 6.21 Å². The summed E-state index contributed by atoms with van der Waals surface area (Å²) < 4.78 is 10.5. The van der Waals surface area contributed by atoms with Gasteiger partial charge in [0.1, 0.15) is 0 Å². The average Bonchev–Trinajstić information content (AvgIpc) is 3.07. The van der Waals surface area contributed by atoms with Gasteiger partial charge in [0.15, 0.2) is 17.2 Å². The second-order valence-electron chi connectivity index (χ2n) is 4.36. The number of nitrogens with one attached hydrogen (secondary N) is 2. The van der Waals surface area contributed by atoms with Crippen molar-refractivity contribution >= 4 is 23.7 Å².